The highest BCUT2D eigenvalue weighted by molar-refractivity contribution is 7.11. The number of aromatic nitrogens is 2. The molecule has 80 valence electrons. The second-order valence-corrected chi connectivity index (χ2v) is 4.01. The van der Waals surface area contributed by atoms with Crippen LogP contribution in [0.2, 0.25) is 0 Å². The molecule has 5 heteroatoms. The van der Waals surface area contributed by atoms with Gasteiger partial charge in [-0.05, 0) is 20.4 Å². The van der Waals surface area contributed by atoms with Gasteiger partial charge in [0.15, 0.2) is 0 Å². The van der Waals surface area contributed by atoms with Gasteiger partial charge in [-0.2, -0.15) is 0 Å². The molecule has 0 radical (unpaired) electrons. The molecule has 0 saturated carbocycles. The zero-order valence-corrected chi connectivity index (χ0v) is 9.73. The summed E-state index contributed by atoms with van der Waals surface area (Å²) in [6.07, 6.45) is 1.03. The average Bonchev–Trinajstić information content (AvgIpc) is 2.65. The minimum Gasteiger partial charge on any atom is -0.374 e. The van der Waals surface area contributed by atoms with E-state index in [9.17, 15) is 0 Å². The van der Waals surface area contributed by atoms with Gasteiger partial charge in [-0.1, -0.05) is 18.3 Å². The van der Waals surface area contributed by atoms with Gasteiger partial charge in [-0.25, -0.2) is 0 Å². The van der Waals surface area contributed by atoms with Gasteiger partial charge in [0.2, 0.25) is 0 Å². The molecule has 1 aromatic rings. The van der Waals surface area contributed by atoms with Crippen LogP contribution in [0.1, 0.15) is 36.3 Å². The lowest BCUT2D eigenvalue weighted by atomic mass is 10.2. The van der Waals surface area contributed by atoms with Crippen LogP contribution in [0.4, 0.5) is 0 Å². The molecular weight excluding hydrogens is 198 g/mol. The molecule has 0 spiro atoms. The normalized spacial score (nSPS) is 13.1. The Balaban J connectivity index is 2.57. The van der Waals surface area contributed by atoms with Gasteiger partial charge in [0, 0.05) is 6.61 Å². The first-order valence-electron chi connectivity index (χ1n) is 4.89. The molecular formula is C9H17N3OS. The smallest absolute Gasteiger partial charge is 0.143 e. The number of nitrogens with zero attached hydrogens (tertiary/aromatic N) is 2. The van der Waals surface area contributed by atoms with Crippen molar-refractivity contribution in [2.24, 2.45) is 0 Å². The largest absolute Gasteiger partial charge is 0.374 e. The minimum atomic E-state index is 0.322. The lowest BCUT2D eigenvalue weighted by Gasteiger charge is -2.07. The number of ether oxygens (including phenoxy) is 1. The first-order chi connectivity index (χ1) is 6.81. The molecule has 0 amide bonds. The highest BCUT2D eigenvalue weighted by Crippen LogP contribution is 2.20. The van der Waals surface area contributed by atoms with E-state index in [1.54, 1.807) is 11.3 Å². The zero-order chi connectivity index (χ0) is 10.4. The van der Waals surface area contributed by atoms with E-state index in [1.807, 2.05) is 14.0 Å². The Kier molecular flexibility index (Phi) is 5.00. The molecule has 0 aromatic carbocycles. The van der Waals surface area contributed by atoms with Crippen molar-refractivity contribution < 1.29 is 4.74 Å². The molecule has 4 nitrogen and oxygen atoms in total. The van der Waals surface area contributed by atoms with Gasteiger partial charge in [0.1, 0.15) is 16.6 Å². The average molecular weight is 215 g/mol. The van der Waals surface area contributed by atoms with Crippen molar-refractivity contribution in [3.05, 3.63) is 10.0 Å². The van der Waals surface area contributed by atoms with E-state index in [-0.39, 0.29) is 0 Å². The van der Waals surface area contributed by atoms with Crippen molar-refractivity contribution >= 4 is 11.3 Å². The van der Waals surface area contributed by atoms with Gasteiger partial charge in [-0.3, -0.25) is 0 Å². The molecule has 0 aliphatic carbocycles. The molecule has 0 bridgehead atoms. The summed E-state index contributed by atoms with van der Waals surface area (Å²) >= 11 is 1.62. The molecule has 0 aliphatic rings. The SMILES string of the molecule is CCOCc1nnc(C(CC)NC)s1. The fourth-order valence-electron chi connectivity index (χ4n) is 1.16. The van der Waals surface area contributed by atoms with E-state index in [4.69, 9.17) is 4.74 Å². The summed E-state index contributed by atoms with van der Waals surface area (Å²) in [5, 5.41) is 13.4. The first kappa shape index (κ1) is 11.6. The number of rotatable bonds is 6. The Bertz CT molecular complexity index is 260. The van der Waals surface area contributed by atoms with Crippen molar-refractivity contribution in [2.45, 2.75) is 32.9 Å². The molecule has 1 atom stereocenters. The van der Waals surface area contributed by atoms with Gasteiger partial charge >= 0.3 is 0 Å². The predicted octanol–water partition coefficient (Wildman–Crippen LogP) is 1.75. The lowest BCUT2D eigenvalue weighted by Crippen LogP contribution is -2.14. The van der Waals surface area contributed by atoms with Crippen molar-refractivity contribution in [2.75, 3.05) is 13.7 Å². The molecule has 1 rings (SSSR count). The van der Waals surface area contributed by atoms with Crippen LogP contribution in [0.5, 0.6) is 0 Å². The first-order valence-corrected chi connectivity index (χ1v) is 5.70. The molecule has 1 aromatic heterocycles. The number of nitrogens with one attached hydrogen (secondary N) is 1. The summed E-state index contributed by atoms with van der Waals surface area (Å²) in [5.41, 5.74) is 0. The molecule has 0 aliphatic heterocycles. The molecule has 0 fully saturated rings. The zero-order valence-electron chi connectivity index (χ0n) is 8.91. The maximum absolute atomic E-state index is 5.27. The molecule has 1 unspecified atom stereocenters. The van der Waals surface area contributed by atoms with Crippen LogP contribution in [0.15, 0.2) is 0 Å². The fourth-order valence-corrected chi connectivity index (χ4v) is 2.13. The van der Waals surface area contributed by atoms with Crippen molar-refractivity contribution in [1.29, 1.82) is 0 Å². The van der Waals surface area contributed by atoms with Crippen molar-refractivity contribution in [3.8, 4) is 0 Å². The Morgan fingerprint density at radius 3 is 2.79 bits per heavy atom. The summed E-state index contributed by atoms with van der Waals surface area (Å²) in [5.74, 6) is 0. The highest BCUT2D eigenvalue weighted by atomic mass is 32.1. The molecule has 1 heterocycles. The lowest BCUT2D eigenvalue weighted by molar-refractivity contribution is 0.133. The Morgan fingerprint density at radius 1 is 1.43 bits per heavy atom. The van der Waals surface area contributed by atoms with Crippen LogP contribution >= 0.6 is 11.3 Å². The Morgan fingerprint density at radius 2 is 2.21 bits per heavy atom. The monoisotopic (exact) mass is 215 g/mol. The standard InChI is InChI=1S/C9H17N3OS/c1-4-7(10-3)9-12-11-8(14-9)6-13-5-2/h7,10H,4-6H2,1-3H3. The highest BCUT2D eigenvalue weighted by Gasteiger charge is 2.12. The summed E-state index contributed by atoms with van der Waals surface area (Å²) in [6, 6.07) is 0.322. The summed E-state index contributed by atoms with van der Waals surface area (Å²) < 4.78 is 5.27. The maximum atomic E-state index is 5.27. The third-order valence-electron chi connectivity index (χ3n) is 1.97. The predicted molar refractivity (Wildman–Crippen MR) is 57.3 cm³/mol. The third-order valence-corrected chi connectivity index (χ3v) is 2.98. The van der Waals surface area contributed by atoms with E-state index in [2.05, 4.69) is 22.4 Å². The van der Waals surface area contributed by atoms with Crippen molar-refractivity contribution in [1.82, 2.24) is 15.5 Å². The van der Waals surface area contributed by atoms with Crippen LogP contribution in [0.3, 0.4) is 0 Å². The van der Waals surface area contributed by atoms with Crippen LogP contribution in [-0.2, 0) is 11.3 Å². The maximum Gasteiger partial charge on any atom is 0.143 e. The second kappa shape index (κ2) is 6.06. The molecule has 1 N–H and O–H groups in total. The van der Waals surface area contributed by atoms with Gasteiger partial charge in [0.25, 0.3) is 0 Å². The van der Waals surface area contributed by atoms with E-state index in [1.165, 1.54) is 0 Å². The Hall–Kier alpha value is -0.520. The summed E-state index contributed by atoms with van der Waals surface area (Å²) in [4.78, 5) is 0. The summed E-state index contributed by atoms with van der Waals surface area (Å²) in [7, 11) is 1.94. The third kappa shape index (κ3) is 3.01. The number of hydrogen-bond donors (Lipinski definition) is 1. The van der Waals surface area contributed by atoms with Crippen LogP contribution in [0, 0.1) is 0 Å². The summed E-state index contributed by atoms with van der Waals surface area (Å²) in [6.45, 7) is 5.40. The quantitative estimate of drug-likeness (QED) is 0.785. The fraction of sp³-hybridized carbons (Fsp3) is 0.778. The van der Waals surface area contributed by atoms with E-state index >= 15 is 0 Å². The van der Waals surface area contributed by atoms with Crippen LogP contribution < -0.4 is 5.32 Å². The van der Waals surface area contributed by atoms with E-state index in [0.29, 0.717) is 12.6 Å². The van der Waals surface area contributed by atoms with Gasteiger partial charge in [0.05, 0.1) is 6.04 Å². The topological polar surface area (TPSA) is 47.0 Å². The molecule has 0 saturated heterocycles. The van der Waals surface area contributed by atoms with E-state index < -0.39 is 0 Å². The van der Waals surface area contributed by atoms with Gasteiger partial charge in [-0.15, -0.1) is 10.2 Å². The van der Waals surface area contributed by atoms with Gasteiger partial charge < -0.3 is 10.1 Å². The number of hydrogen-bond acceptors (Lipinski definition) is 5. The Labute approximate surface area is 88.7 Å². The van der Waals surface area contributed by atoms with Crippen LogP contribution in [0.25, 0.3) is 0 Å². The van der Waals surface area contributed by atoms with E-state index in [0.717, 1.165) is 23.0 Å². The molecule has 14 heavy (non-hydrogen) atoms. The minimum absolute atomic E-state index is 0.322. The van der Waals surface area contributed by atoms with Crippen LogP contribution in [-0.4, -0.2) is 23.9 Å². The second-order valence-electron chi connectivity index (χ2n) is 2.92. The van der Waals surface area contributed by atoms with Crippen molar-refractivity contribution in [3.63, 3.8) is 0 Å².